The van der Waals surface area contributed by atoms with E-state index >= 15 is 0 Å². The van der Waals surface area contributed by atoms with Gasteiger partial charge in [0.15, 0.2) is 0 Å². The van der Waals surface area contributed by atoms with Gasteiger partial charge in [-0.2, -0.15) is 0 Å². The molecule has 1 heterocycles. The molecule has 1 N–H and O–H groups in total. The molecule has 182 valence electrons. The van der Waals surface area contributed by atoms with Gasteiger partial charge in [-0.1, -0.05) is 60.7 Å². The highest BCUT2D eigenvalue weighted by atomic mass is 16.6. The van der Waals surface area contributed by atoms with E-state index in [1.165, 1.54) is 12.0 Å². The van der Waals surface area contributed by atoms with E-state index in [-0.39, 0.29) is 6.61 Å². The number of nitrogens with zero attached hydrogens (tertiary/aromatic N) is 1. The van der Waals surface area contributed by atoms with Crippen LogP contribution in [0.1, 0.15) is 44.9 Å². The van der Waals surface area contributed by atoms with Crippen LogP contribution < -0.4 is 5.32 Å². The largest absolute Gasteiger partial charge is 0.469 e. The molecule has 0 bridgehead atoms. The van der Waals surface area contributed by atoms with Gasteiger partial charge < -0.3 is 19.5 Å². The second-order valence-corrected chi connectivity index (χ2v) is 9.26. The maximum Gasteiger partial charge on any atom is 0.410 e. The third-order valence-corrected chi connectivity index (χ3v) is 5.70. The fourth-order valence-electron chi connectivity index (χ4n) is 4.28. The van der Waals surface area contributed by atoms with Crippen molar-refractivity contribution in [3.05, 3.63) is 71.8 Å². The molecule has 8 heteroatoms. The van der Waals surface area contributed by atoms with Gasteiger partial charge in [-0.05, 0) is 38.8 Å². The number of amides is 2. The summed E-state index contributed by atoms with van der Waals surface area (Å²) < 4.78 is 16.1. The standard InChI is InChI=1S/C26H32N2O6/c1-17-20(23(29)32-5)21(27-24(30)34-26(2,3)4)22(19-14-10-7-11-15-19)28(17)25(31)33-16-18-12-8-6-9-13-18/h6-15,17,20-22H,16H2,1-5H3,(H,27,30). The van der Waals surface area contributed by atoms with Gasteiger partial charge in [0.25, 0.3) is 0 Å². The molecule has 1 fully saturated rings. The first-order chi connectivity index (χ1) is 16.1. The van der Waals surface area contributed by atoms with Gasteiger partial charge in [0.2, 0.25) is 0 Å². The molecule has 1 aliphatic heterocycles. The van der Waals surface area contributed by atoms with Gasteiger partial charge in [0, 0.05) is 6.04 Å². The summed E-state index contributed by atoms with van der Waals surface area (Å²) in [4.78, 5) is 40.4. The van der Waals surface area contributed by atoms with Crippen LogP contribution in [0.5, 0.6) is 0 Å². The summed E-state index contributed by atoms with van der Waals surface area (Å²) in [5, 5.41) is 2.83. The maximum atomic E-state index is 13.3. The van der Waals surface area contributed by atoms with Crippen molar-refractivity contribution in [1.82, 2.24) is 10.2 Å². The zero-order valence-electron chi connectivity index (χ0n) is 20.2. The minimum atomic E-state index is -0.827. The topological polar surface area (TPSA) is 94.2 Å². The summed E-state index contributed by atoms with van der Waals surface area (Å²) in [6.45, 7) is 7.09. The maximum absolute atomic E-state index is 13.3. The first kappa shape index (κ1) is 25.1. The van der Waals surface area contributed by atoms with Crippen LogP contribution in [0.25, 0.3) is 0 Å². The van der Waals surface area contributed by atoms with Gasteiger partial charge in [0.05, 0.1) is 25.1 Å². The minimum Gasteiger partial charge on any atom is -0.469 e. The third-order valence-electron chi connectivity index (χ3n) is 5.70. The monoisotopic (exact) mass is 468 g/mol. The number of likely N-dealkylation sites (tertiary alicyclic amines) is 1. The van der Waals surface area contributed by atoms with E-state index < -0.39 is 47.8 Å². The summed E-state index contributed by atoms with van der Waals surface area (Å²) in [7, 11) is 1.29. The molecule has 1 aliphatic rings. The number of carbonyl (C=O) groups is 3. The first-order valence-corrected chi connectivity index (χ1v) is 11.2. The summed E-state index contributed by atoms with van der Waals surface area (Å²) in [6, 6.07) is 16.5. The van der Waals surface area contributed by atoms with Gasteiger partial charge in [-0.15, -0.1) is 0 Å². The first-order valence-electron chi connectivity index (χ1n) is 11.2. The van der Waals surface area contributed by atoms with Crippen molar-refractivity contribution < 1.29 is 28.6 Å². The highest BCUT2D eigenvalue weighted by molar-refractivity contribution is 5.80. The van der Waals surface area contributed by atoms with Gasteiger partial charge >= 0.3 is 18.2 Å². The van der Waals surface area contributed by atoms with E-state index in [9.17, 15) is 14.4 Å². The minimum absolute atomic E-state index is 0.0808. The predicted octanol–water partition coefficient (Wildman–Crippen LogP) is 4.45. The van der Waals surface area contributed by atoms with E-state index in [0.717, 1.165) is 11.1 Å². The second-order valence-electron chi connectivity index (χ2n) is 9.26. The van der Waals surface area contributed by atoms with Crippen LogP contribution in [0.2, 0.25) is 0 Å². The molecule has 0 saturated carbocycles. The molecule has 34 heavy (non-hydrogen) atoms. The van der Waals surface area contributed by atoms with Crippen LogP contribution in [-0.2, 0) is 25.6 Å². The summed E-state index contributed by atoms with van der Waals surface area (Å²) in [5.41, 5.74) is 0.858. The number of nitrogens with one attached hydrogen (secondary N) is 1. The zero-order valence-corrected chi connectivity index (χ0v) is 20.2. The fraction of sp³-hybridized carbons (Fsp3) is 0.423. The van der Waals surface area contributed by atoms with Crippen molar-refractivity contribution in [2.75, 3.05) is 7.11 Å². The van der Waals surface area contributed by atoms with Crippen LogP contribution in [0.15, 0.2) is 60.7 Å². The van der Waals surface area contributed by atoms with Crippen molar-refractivity contribution in [1.29, 1.82) is 0 Å². The number of alkyl carbamates (subject to hydrolysis) is 1. The van der Waals surface area contributed by atoms with Gasteiger partial charge in [-0.3, -0.25) is 9.69 Å². The van der Waals surface area contributed by atoms with Crippen molar-refractivity contribution >= 4 is 18.2 Å². The molecule has 4 unspecified atom stereocenters. The molecule has 0 aliphatic carbocycles. The van der Waals surface area contributed by atoms with Crippen molar-refractivity contribution in [2.45, 2.75) is 58.0 Å². The Morgan fingerprint density at radius 2 is 1.56 bits per heavy atom. The quantitative estimate of drug-likeness (QED) is 0.515. The van der Waals surface area contributed by atoms with E-state index in [0.29, 0.717) is 0 Å². The van der Waals surface area contributed by atoms with Crippen LogP contribution in [-0.4, -0.2) is 47.9 Å². The van der Waals surface area contributed by atoms with Crippen molar-refractivity contribution in [2.24, 2.45) is 5.92 Å². The third kappa shape index (κ3) is 5.87. The normalized spacial score (nSPS) is 22.1. The fourth-order valence-corrected chi connectivity index (χ4v) is 4.28. The SMILES string of the molecule is COC(=O)C1C(NC(=O)OC(C)(C)C)C(c2ccccc2)N(C(=O)OCc2ccccc2)C1C. The number of hydrogen-bond acceptors (Lipinski definition) is 6. The Bertz CT molecular complexity index is 989. The number of hydrogen-bond donors (Lipinski definition) is 1. The lowest BCUT2D eigenvalue weighted by Crippen LogP contribution is -2.47. The molecular formula is C26H32N2O6. The molecule has 2 amide bonds. The van der Waals surface area contributed by atoms with Crippen LogP contribution in [0, 0.1) is 5.92 Å². The van der Waals surface area contributed by atoms with Gasteiger partial charge in [0.1, 0.15) is 12.2 Å². The molecule has 8 nitrogen and oxygen atoms in total. The Morgan fingerprint density at radius 3 is 2.12 bits per heavy atom. The zero-order chi connectivity index (χ0) is 24.9. The Balaban J connectivity index is 1.96. The Labute approximate surface area is 200 Å². The number of carbonyl (C=O) groups excluding carboxylic acids is 3. The lowest BCUT2D eigenvalue weighted by atomic mass is 9.91. The highest BCUT2D eigenvalue weighted by Gasteiger charge is 2.54. The Hall–Kier alpha value is -3.55. The molecule has 4 atom stereocenters. The predicted molar refractivity (Wildman–Crippen MR) is 126 cm³/mol. The molecule has 2 aromatic carbocycles. The molecular weight excluding hydrogens is 436 g/mol. The smallest absolute Gasteiger partial charge is 0.410 e. The van der Waals surface area contributed by atoms with Crippen molar-refractivity contribution in [3.8, 4) is 0 Å². The van der Waals surface area contributed by atoms with E-state index in [1.54, 1.807) is 27.7 Å². The molecule has 0 aromatic heterocycles. The average molecular weight is 469 g/mol. The van der Waals surface area contributed by atoms with E-state index in [2.05, 4.69) is 5.32 Å². The van der Waals surface area contributed by atoms with E-state index in [4.69, 9.17) is 14.2 Å². The van der Waals surface area contributed by atoms with Crippen molar-refractivity contribution in [3.63, 3.8) is 0 Å². The molecule has 2 aromatic rings. The highest BCUT2D eigenvalue weighted by Crippen LogP contribution is 2.41. The summed E-state index contributed by atoms with van der Waals surface area (Å²) in [5.74, 6) is -1.36. The summed E-state index contributed by atoms with van der Waals surface area (Å²) in [6.07, 6.45) is -1.27. The number of benzene rings is 2. The lowest BCUT2D eigenvalue weighted by molar-refractivity contribution is -0.146. The molecule has 0 spiro atoms. The van der Waals surface area contributed by atoms with Crippen LogP contribution in [0.4, 0.5) is 9.59 Å². The Morgan fingerprint density at radius 1 is 0.971 bits per heavy atom. The lowest BCUT2D eigenvalue weighted by Gasteiger charge is -2.30. The Kier molecular flexibility index (Phi) is 7.81. The molecule has 0 radical (unpaired) electrons. The second kappa shape index (κ2) is 10.6. The molecule has 3 rings (SSSR count). The van der Waals surface area contributed by atoms with Crippen LogP contribution in [0.3, 0.4) is 0 Å². The number of esters is 1. The average Bonchev–Trinajstić information content (AvgIpc) is 3.08. The molecule has 1 saturated heterocycles. The van der Waals surface area contributed by atoms with E-state index in [1.807, 2.05) is 60.7 Å². The summed E-state index contributed by atoms with van der Waals surface area (Å²) >= 11 is 0. The van der Waals surface area contributed by atoms with Crippen LogP contribution >= 0.6 is 0 Å². The van der Waals surface area contributed by atoms with Gasteiger partial charge in [-0.25, -0.2) is 9.59 Å². The number of methoxy groups -OCH3 is 1. The number of ether oxygens (including phenoxy) is 3. The number of rotatable bonds is 5.